The topological polar surface area (TPSA) is 26.3 Å². The van der Waals surface area contributed by atoms with Crippen LogP contribution in [0.15, 0.2) is 55.1 Å². The first-order valence-corrected chi connectivity index (χ1v) is 8.52. The number of carbonyl (C=O) groups excluding carboxylic acids is 1. The Morgan fingerprint density at radius 1 is 1.17 bits per heavy atom. The zero-order valence-corrected chi connectivity index (χ0v) is 13.3. The molecule has 2 aromatic carbocycles. The standard InChI is InChI=1S/C21H22O2/c1-2-12-21(18-8-5-9-19(18)23-20(21)22)14-15-10-11-16-6-3-4-7-17(16)13-15/h2-4,6-7,10-11,13,18-19H,1,5,8-9,12,14H2/t18-,19+,21-/m1/s1. The zero-order valence-electron chi connectivity index (χ0n) is 13.3. The lowest BCUT2D eigenvalue weighted by atomic mass is 9.69. The van der Waals surface area contributed by atoms with Crippen molar-refractivity contribution in [2.24, 2.45) is 11.3 Å². The van der Waals surface area contributed by atoms with Crippen LogP contribution >= 0.6 is 0 Å². The molecular formula is C21H22O2. The molecule has 0 amide bonds. The molecule has 0 spiro atoms. The van der Waals surface area contributed by atoms with Crippen molar-refractivity contribution in [2.45, 2.75) is 38.2 Å². The fourth-order valence-electron chi connectivity index (χ4n) is 4.59. The van der Waals surface area contributed by atoms with Crippen molar-refractivity contribution in [1.29, 1.82) is 0 Å². The monoisotopic (exact) mass is 306 g/mol. The fraction of sp³-hybridized carbons (Fsp3) is 0.381. The second-order valence-electron chi connectivity index (χ2n) is 6.99. The Kier molecular flexibility index (Phi) is 3.48. The van der Waals surface area contributed by atoms with Crippen molar-refractivity contribution >= 4 is 16.7 Å². The maximum Gasteiger partial charge on any atom is 0.313 e. The Bertz CT molecular complexity index is 763. The van der Waals surface area contributed by atoms with Gasteiger partial charge in [0, 0.05) is 5.92 Å². The molecule has 1 saturated heterocycles. The Hall–Kier alpha value is -2.09. The van der Waals surface area contributed by atoms with E-state index in [2.05, 4.69) is 49.0 Å². The van der Waals surface area contributed by atoms with Gasteiger partial charge in [0.05, 0.1) is 5.41 Å². The molecular weight excluding hydrogens is 284 g/mol. The van der Waals surface area contributed by atoms with Gasteiger partial charge in [-0.2, -0.15) is 0 Å². The third-order valence-corrected chi connectivity index (χ3v) is 5.67. The Morgan fingerprint density at radius 2 is 2.00 bits per heavy atom. The second-order valence-corrected chi connectivity index (χ2v) is 6.99. The lowest BCUT2D eigenvalue weighted by Gasteiger charge is -2.29. The molecule has 0 bridgehead atoms. The van der Waals surface area contributed by atoms with E-state index in [1.54, 1.807) is 0 Å². The Morgan fingerprint density at radius 3 is 2.83 bits per heavy atom. The van der Waals surface area contributed by atoms with E-state index >= 15 is 0 Å². The molecule has 0 aromatic heterocycles. The lowest BCUT2D eigenvalue weighted by Crippen LogP contribution is -2.35. The smallest absolute Gasteiger partial charge is 0.313 e. The minimum Gasteiger partial charge on any atom is -0.462 e. The number of hydrogen-bond donors (Lipinski definition) is 0. The first-order valence-electron chi connectivity index (χ1n) is 8.52. The van der Waals surface area contributed by atoms with Gasteiger partial charge in [0.1, 0.15) is 6.10 Å². The summed E-state index contributed by atoms with van der Waals surface area (Å²) in [5.74, 6) is 0.333. The van der Waals surface area contributed by atoms with Crippen molar-refractivity contribution in [3.63, 3.8) is 0 Å². The van der Waals surface area contributed by atoms with Crippen LogP contribution in [0, 0.1) is 11.3 Å². The number of carbonyl (C=O) groups is 1. The summed E-state index contributed by atoms with van der Waals surface area (Å²) in [7, 11) is 0. The maximum absolute atomic E-state index is 12.7. The van der Waals surface area contributed by atoms with Crippen LogP contribution in [0.5, 0.6) is 0 Å². The summed E-state index contributed by atoms with van der Waals surface area (Å²) < 4.78 is 5.73. The highest BCUT2D eigenvalue weighted by Gasteiger charge is 2.57. The van der Waals surface area contributed by atoms with Gasteiger partial charge in [0.2, 0.25) is 0 Å². The van der Waals surface area contributed by atoms with Crippen LogP contribution in [0.2, 0.25) is 0 Å². The van der Waals surface area contributed by atoms with Crippen molar-refractivity contribution in [3.8, 4) is 0 Å². The summed E-state index contributed by atoms with van der Waals surface area (Å²) in [6.45, 7) is 3.90. The largest absolute Gasteiger partial charge is 0.462 e. The predicted octanol–water partition coefficient (Wildman–Crippen LogP) is 4.67. The van der Waals surface area contributed by atoms with E-state index in [-0.39, 0.29) is 12.1 Å². The third kappa shape index (κ3) is 2.28. The van der Waals surface area contributed by atoms with E-state index in [1.807, 2.05) is 6.08 Å². The Labute approximate surface area is 137 Å². The number of esters is 1. The van der Waals surface area contributed by atoms with Crippen LogP contribution in [-0.4, -0.2) is 12.1 Å². The van der Waals surface area contributed by atoms with Gasteiger partial charge in [-0.3, -0.25) is 4.79 Å². The molecule has 2 nitrogen and oxygen atoms in total. The van der Waals surface area contributed by atoms with E-state index in [4.69, 9.17) is 4.74 Å². The summed E-state index contributed by atoms with van der Waals surface area (Å²) in [4.78, 5) is 12.7. The van der Waals surface area contributed by atoms with Crippen LogP contribution in [0.1, 0.15) is 31.2 Å². The molecule has 1 aliphatic heterocycles. The highest BCUT2D eigenvalue weighted by atomic mass is 16.6. The van der Waals surface area contributed by atoms with Gasteiger partial charge >= 0.3 is 5.97 Å². The van der Waals surface area contributed by atoms with Gasteiger partial charge in [-0.1, -0.05) is 48.5 Å². The minimum atomic E-state index is -0.411. The fourth-order valence-corrected chi connectivity index (χ4v) is 4.59. The number of rotatable bonds is 4. The number of benzene rings is 2. The van der Waals surface area contributed by atoms with Crippen LogP contribution in [0.3, 0.4) is 0 Å². The molecule has 1 saturated carbocycles. The molecule has 1 heterocycles. The Balaban J connectivity index is 1.72. The van der Waals surface area contributed by atoms with Crippen molar-refractivity contribution in [1.82, 2.24) is 0 Å². The summed E-state index contributed by atoms with van der Waals surface area (Å²) in [6.07, 6.45) is 6.76. The molecule has 3 atom stereocenters. The van der Waals surface area contributed by atoms with Crippen LogP contribution in [-0.2, 0) is 16.0 Å². The number of hydrogen-bond acceptors (Lipinski definition) is 2. The SMILES string of the molecule is C=CC[C@]1(Cc2ccc3ccccc3c2)C(=O)O[C@H]2CCC[C@H]21. The first-order chi connectivity index (χ1) is 11.2. The first kappa shape index (κ1) is 14.5. The van der Waals surface area contributed by atoms with E-state index in [0.717, 1.165) is 19.3 Å². The average molecular weight is 306 g/mol. The van der Waals surface area contributed by atoms with Gasteiger partial charge in [-0.05, 0) is 48.4 Å². The highest BCUT2D eigenvalue weighted by Crippen LogP contribution is 2.52. The third-order valence-electron chi connectivity index (χ3n) is 5.67. The lowest BCUT2D eigenvalue weighted by molar-refractivity contribution is -0.149. The van der Waals surface area contributed by atoms with Crippen molar-refractivity contribution in [3.05, 3.63) is 60.7 Å². The van der Waals surface area contributed by atoms with E-state index in [0.29, 0.717) is 12.3 Å². The molecule has 4 rings (SSSR count). The highest BCUT2D eigenvalue weighted by molar-refractivity contribution is 5.84. The van der Waals surface area contributed by atoms with Crippen molar-refractivity contribution < 1.29 is 9.53 Å². The van der Waals surface area contributed by atoms with E-state index in [9.17, 15) is 4.79 Å². The van der Waals surface area contributed by atoms with E-state index in [1.165, 1.54) is 22.8 Å². The molecule has 2 heteroatoms. The molecule has 0 radical (unpaired) electrons. The van der Waals surface area contributed by atoms with Crippen LogP contribution in [0.4, 0.5) is 0 Å². The van der Waals surface area contributed by atoms with Crippen LogP contribution in [0.25, 0.3) is 10.8 Å². The number of ether oxygens (including phenoxy) is 1. The predicted molar refractivity (Wildman–Crippen MR) is 92.1 cm³/mol. The summed E-state index contributed by atoms with van der Waals surface area (Å²) >= 11 is 0. The summed E-state index contributed by atoms with van der Waals surface area (Å²) in [5, 5.41) is 2.47. The van der Waals surface area contributed by atoms with Gasteiger partial charge in [-0.25, -0.2) is 0 Å². The normalized spacial score (nSPS) is 29.5. The average Bonchev–Trinajstić information content (AvgIpc) is 3.11. The molecule has 0 N–H and O–H groups in total. The van der Waals surface area contributed by atoms with Crippen LogP contribution < -0.4 is 0 Å². The van der Waals surface area contributed by atoms with Gasteiger partial charge < -0.3 is 4.74 Å². The molecule has 1 aliphatic carbocycles. The van der Waals surface area contributed by atoms with Gasteiger partial charge in [0.15, 0.2) is 0 Å². The summed E-state index contributed by atoms with van der Waals surface area (Å²) in [6, 6.07) is 14.9. The number of fused-ring (bicyclic) bond motifs is 2. The molecule has 2 fully saturated rings. The van der Waals surface area contributed by atoms with E-state index < -0.39 is 5.41 Å². The van der Waals surface area contributed by atoms with Gasteiger partial charge in [-0.15, -0.1) is 6.58 Å². The minimum absolute atomic E-state index is 0.0136. The van der Waals surface area contributed by atoms with Gasteiger partial charge in [0.25, 0.3) is 0 Å². The quantitative estimate of drug-likeness (QED) is 0.606. The summed E-state index contributed by atoms with van der Waals surface area (Å²) in [5.41, 5.74) is 0.806. The second kappa shape index (κ2) is 5.52. The van der Waals surface area contributed by atoms with Crippen molar-refractivity contribution in [2.75, 3.05) is 0 Å². The maximum atomic E-state index is 12.7. The molecule has 2 aromatic rings. The molecule has 2 aliphatic rings. The molecule has 0 unspecified atom stereocenters. The molecule has 23 heavy (non-hydrogen) atoms. The number of allylic oxidation sites excluding steroid dienone is 1. The zero-order chi connectivity index (χ0) is 15.9. The molecule has 118 valence electrons.